The number of hydrogen-bond acceptors (Lipinski definition) is 2. The molecule has 6 rings (SSSR count). The van der Waals surface area contributed by atoms with Crippen LogP contribution in [0.2, 0.25) is 19.6 Å². The van der Waals surface area contributed by atoms with Gasteiger partial charge in [0, 0.05) is 52.4 Å². The van der Waals surface area contributed by atoms with Crippen molar-refractivity contribution in [2.45, 2.75) is 66.5 Å². The van der Waals surface area contributed by atoms with Crippen molar-refractivity contribution in [3.05, 3.63) is 162 Å². The molecule has 1 radical (unpaired) electrons. The molecule has 0 N–H and O–H groups in total. The fraction of sp³-hybridized carbons (Fsp3) is 0.244. The van der Waals surface area contributed by atoms with Crippen LogP contribution < -0.4 is 5.19 Å². The molecule has 4 aromatic carbocycles. The summed E-state index contributed by atoms with van der Waals surface area (Å²) in [4.78, 5) is 8.89. The van der Waals surface area contributed by atoms with Crippen molar-refractivity contribution >= 4 is 13.3 Å². The molecule has 50 heavy (non-hydrogen) atoms. The topological polar surface area (TPSA) is 25.8 Å². The maximum absolute atomic E-state index is 14.8. The Morgan fingerprint density at radius 1 is 0.840 bits per heavy atom. The Bertz CT molecular complexity index is 2230. The molecule has 6 aromatic rings. The van der Waals surface area contributed by atoms with Gasteiger partial charge in [0.15, 0.2) is 0 Å². The van der Waals surface area contributed by atoms with E-state index >= 15 is 0 Å². The Labute approximate surface area is 322 Å². The molecule has 259 valence electrons. The van der Waals surface area contributed by atoms with Gasteiger partial charge < -0.3 is 9.97 Å². The van der Waals surface area contributed by atoms with Gasteiger partial charge in [-0.3, -0.25) is 4.39 Å². The molecule has 1 unspecified atom stereocenters. The molecule has 0 aliphatic rings. The molecule has 0 aliphatic heterocycles. The summed E-state index contributed by atoms with van der Waals surface area (Å²) in [5, 5.41) is 1.03. The van der Waals surface area contributed by atoms with E-state index in [2.05, 4.69) is 53.9 Å². The number of aryl methyl sites for hydroxylation is 1. The summed E-state index contributed by atoms with van der Waals surface area (Å²) in [7, 11) is -1.85. The van der Waals surface area contributed by atoms with Crippen LogP contribution in [-0.4, -0.2) is 18.0 Å². The van der Waals surface area contributed by atoms with Gasteiger partial charge in [0.1, 0.15) is 0 Å². The Morgan fingerprint density at radius 2 is 1.54 bits per heavy atom. The van der Waals surface area contributed by atoms with E-state index in [1.165, 1.54) is 6.07 Å². The summed E-state index contributed by atoms with van der Waals surface area (Å²) >= 11 is 0. The van der Waals surface area contributed by atoms with Gasteiger partial charge in [-0.15, -0.1) is 53.6 Å². The third kappa shape index (κ3) is 10.3. The predicted molar refractivity (Wildman–Crippen MR) is 207 cm³/mol. The van der Waals surface area contributed by atoms with Crippen LogP contribution in [0.3, 0.4) is 0 Å². The van der Waals surface area contributed by atoms with E-state index in [0.29, 0.717) is 11.3 Å². The smallest absolute Gasteiger partial charge is 0.0799 e. The molecular formula is C45H47FIrN2Si-2. The van der Waals surface area contributed by atoms with Crippen LogP contribution in [0.15, 0.2) is 122 Å². The standard InChI is InChI=1S/C23H25FNSi.C22H22N.Ir/c1-16-11-12-19(21(24)13-16)22-14-20(23(15-25-22)26(3,4)5)17(2)18-9-7-6-8-10-18;1-22(2,3)16-17-13-14-23-21(15-17)20-11-9-19(10-12-20)18-7-5-4-6-8-18;/h6-11,13-15,17H,1-5H3;4-11,13-15H,16H2,1-3H3;/q2*-1;/i1D3,17D;16D2;. The Hall–Kier alpha value is -4.02. The van der Waals surface area contributed by atoms with Crippen LogP contribution >= 0.6 is 0 Å². The van der Waals surface area contributed by atoms with Crippen molar-refractivity contribution in [1.82, 2.24) is 9.97 Å². The number of rotatable bonds is 7. The largest absolute Gasteiger partial charge is 0.305 e. The minimum Gasteiger partial charge on any atom is -0.305 e. The van der Waals surface area contributed by atoms with Crippen molar-refractivity contribution in [2.75, 3.05) is 0 Å². The van der Waals surface area contributed by atoms with Crippen molar-refractivity contribution in [3.8, 4) is 33.6 Å². The molecule has 2 heterocycles. The van der Waals surface area contributed by atoms with E-state index in [9.17, 15) is 5.76 Å². The van der Waals surface area contributed by atoms with Crippen molar-refractivity contribution in [2.24, 2.45) is 5.41 Å². The Morgan fingerprint density at radius 3 is 2.14 bits per heavy atom. The van der Waals surface area contributed by atoms with Gasteiger partial charge in [-0.25, -0.2) is 0 Å². The van der Waals surface area contributed by atoms with E-state index in [4.69, 9.17) is 6.85 Å². The van der Waals surface area contributed by atoms with Gasteiger partial charge in [-0.2, -0.15) is 0 Å². The van der Waals surface area contributed by atoms with Crippen LogP contribution in [-0.2, 0) is 26.5 Å². The molecule has 0 fully saturated rings. The van der Waals surface area contributed by atoms with Crippen LogP contribution in [0.25, 0.3) is 33.6 Å². The van der Waals surface area contributed by atoms with Gasteiger partial charge in [0.05, 0.1) is 8.07 Å². The third-order valence-electron chi connectivity index (χ3n) is 7.95. The quantitative estimate of drug-likeness (QED) is 0.118. The number of halogens is 1. The SMILES string of the molecule is [2H]C([2H])([2H])c1c[c-]c(-c2cc(C([2H])(C)c3ccccc3)c([Si](C)(C)C)cn2)c(F)c1.[2H]C([2H])(c1ccnc(-c2[c-]cc(-c3ccccc3)cc2)c1)C(C)(C)C.[Ir]. The maximum Gasteiger partial charge on any atom is 0.0799 e. The summed E-state index contributed by atoms with van der Waals surface area (Å²) in [5.74, 6) is -1.74. The summed E-state index contributed by atoms with van der Waals surface area (Å²) in [6.45, 7) is 11.7. The first kappa shape index (κ1) is 30.8. The number of aromatic nitrogens is 2. The van der Waals surface area contributed by atoms with E-state index in [1.807, 2.05) is 100 Å². The molecule has 1 atom stereocenters. The van der Waals surface area contributed by atoms with Crippen LogP contribution in [0.1, 0.15) is 64.1 Å². The molecule has 5 heteroatoms. The first-order valence-corrected chi connectivity index (χ1v) is 19.9. The van der Waals surface area contributed by atoms with Crippen LogP contribution in [0.5, 0.6) is 0 Å². The summed E-state index contributed by atoms with van der Waals surface area (Å²) in [6, 6.07) is 39.4. The molecule has 2 nitrogen and oxygen atoms in total. The van der Waals surface area contributed by atoms with Crippen LogP contribution in [0.4, 0.5) is 4.39 Å². The van der Waals surface area contributed by atoms with Crippen molar-refractivity contribution in [3.63, 3.8) is 0 Å². The summed E-state index contributed by atoms with van der Waals surface area (Å²) in [6.07, 6.45) is 1.99. The fourth-order valence-electron chi connectivity index (χ4n) is 5.49. The zero-order chi connectivity index (χ0) is 40.4. The monoisotopic (exact) mass is 861 g/mol. The average molecular weight is 861 g/mol. The molecule has 0 aliphatic carbocycles. The Balaban J connectivity index is 0.000000248. The van der Waals surface area contributed by atoms with E-state index < -0.39 is 38.4 Å². The van der Waals surface area contributed by atoms with E-state index in [1.54, 1.807) is 24.5 Å². The van der Waals surface area contributed by atoms with E-state index in [0.717, 1.165) is 44.8 Å². The molecule has 0 spiro atoms. The predicted octanol–water partition coefficient (Wildman–Crippen LogP) is 11.5. The fourth-order valence-corrected chi connectivity index (χ4v) is 7.01. The second-order valence-corrected chi connectivity index (χ2v) is 19.2. The van der Waals surface area contributed by atoms with Gasteiger partial charge >= 0.3 is 0 Å². The molecular weight excluding hydrogens is 808 g/mol. The molecule has 2 aromatic heterocycles. The van der Waals surface area contributed by atoms with Gasteiger partial charge in [-0.05, 0) is 45.6 Å². The zero-order valence-electron chi connectivity index (χ0n) is 35.7. The third-order valence-corrected chi connectivity index (χ3v) is 9.96. The van der Waals surface area contributed by atoms with Gasteiger partial charge in [0.2, 0.25) is 0 Å². The number of benzene rings is 4. The number of hydrogen-bond donors (Lipinski definition) is 0. The molecule has 0 saturated heterocycles. The second kappa shape index (κ2) is 16.8. The normalized spacial score (nSPS) is 14.9. The number of nitrogens with zero attached hydrogens (tertiary/aromatic N) is 2. The van der Waals surface area contributed by atoms with Gasteiger partial charge in [-0.1, -0.05) is 149 Å². The molecule has 0 amide bonds. The van der Waals surface area contributed by atoms with Crippen LogP contribution in [0, 0.1) is 30.2 Å². The second-order valence-electron chi connectivity index (χ2n) is 14.1. The van der Waals surface area contributed by atoms with Crippen molar-refractivity contribution in [1.29, 1.82) is 0 Å². The van der Waals surface area contributed by atoms with E-state index in [-0.39, 0.29) is 31.2 Å². The summed E-state index contributed by atoms with van der Waals surface area (Å²) in [5.41, 5.74) is 5.98. The van der Waals surface area contributed by atoms with Crippen molar-refractivity contribution < 1.29 is 32.7 Å². The molecule has 0 saturated carbocycles. The minimum atomic E-state index is -2.40. The maximum atomic E-state index is 14.8. The summed E-state index contributed by atoms with van der Waals surface area (Å²) < 4.78 is 63.3. The Kier molecular flexibility index (Phi) is 10.3. The molecule has 0 bridgehead atoms. The number of pyridine rings is 2. The zero-order valence-corrected chi connectivity index (χ0v) is 33.0. The first-order chi connectivity index (χ1) is 25.6. The van der Waals surface area contributed by atoms with Gasteiger partial charge in [0.25, 0.3) is 0 Å². The average Bonchev–Trinajstić information content (AvgIpc) is 3.14. The first-order valence-electron chi connectivity index (χ1n) is 19.4. The minimum absolute atomic E-state index is 0.